The molecule has 0 fully saturated rings. The van der Waals surface area contributed by atoms with Gasteiger partial charge in [-0.3, -0.25) is 9.78 Å². The van der Waals surface area contributed by atoms with Crippen LogP contribution >= 0.6 is 0 Å². The molecule has 18 heavy (non-hydrogen) atoms. The van der Waals surface area contributed by atoms with Gasteiger partial charge >= 0.3 is 0 Å². The minimum absolute atomic E-state index is 0.102. The van der Waals surface area contributed by atoms with Crippen LogP contribution in [-0.4, -0.2) is 42.0 Å². The molecule has 0 saturated carbocycles. The van der Waals surface area contributed by atoms with Gasteiger partial charge in [0, 0.05) is 31.5 Å². The highest BCUT2D eigenvalue weighted by atomic mass is 16.2. The van der Waals surface area contributed by atoms with E-state index < -0.39 is 0 Å². The Morgan fingerprint density at radius 2 is 2.17 bits per heavy atom. The molecule has 1 amide bonds. The fourth-order valence-corrected chi connectivity index (χ4v) is 1.67. The Morgan fingerprint density at radius 3 is 2.72 bits per heavy atom. The van der Waals surface area contributed by atoms with Gasteiger partial charge < -0.3 is 16.0 Å². The maximum atomic E-state index is 11.8. The van der Waals surface area contributed by atoms with E-state index in [2.05, 4.69) is 24.1 Å². The van der Waals surface area contributed by atoms with Crippen LogP contribution < -0.4 is 11.1 Å². The number of nitrogens with one attached hydrogen (secondary N) is 1. The van der Waals surface area contributed by atoms with Crippen LogP contribution in [0.2, 0.25) is 0 Å². The summed E-state index contributed by atoms with van der Waals surface area (Å²) in [5.41, 5.74) is 6.79. The Bertz CT molecular complexity index is 415. The van der Waals surface area contributed by atoms with Crippen molar-refractivity contribution in [3.05, 3.63) is 24.0 Å². The predicted octanol–water partition coefficient (Wildman–Crippen LogP) is 1.32. The van der Waals surface area contributed by atoms with Gasteiger partial charge in [0.15, 0.2) is 0 Å². The average Bonchev–Trinajstić information content (AvgIpc) is 2.27. The molecule has 1 rings (SSSR count). The zero-order valence-electron chi connectivity index (χ0n) is 11.5. The lowest BCUT2D eigenvalue weighted by Crippen LogP contribution is -2.33. The van der Waals surface area contributed by atoms with E-state index in [-0.39, 0.29) is 11.4 Å². The molecular formula is C13H22N4O. The predicted molar refractivity (Wildman–Crippen MR) is 73.6 cm³/mol. The van der Waals surface area contributed by atoms with Crippen molar-refractivity contribution in [2.75, 3.05) is 26.0 Å². The van der Waals surface area contributed by atoms with Crippen molar-refractivity contribution in [3.8, 4) is 0 Å². The summed E-state index contributed by atoms with van der Waals surface area (Å²) in [5.74, 6) is -0.102. The van der Waals surface area contributed by atoms with Crippen LogP contribution in [0.15, 0.2) is 18.3 Å². The number of hydrogen-bond donors (Lipinski definition) is 2. The third-order valence-corrected chi connectivity index (χ3v) is 2.64. The van der Waals surface area contributed by atoms with Crippen LogP contribution in [0.25, 0.3) is 0 Å². The van der Waals surface area contributed by atoms with Crippen LogP contribution in [-0.2, 0) is 0 Å². The first kappa shape index (κ1) is 14.4. The molecule has 1 aromatic rings. The van der Waals surface area contributed by atoms with Crippen LogP contribution in [0.5, 0.6) is 0 Å². The molecular weight excluding hydrogens is 228 g/mol. The SMILES string of the molecule is CN(C)C(=O)c1cc(NC(C)(C)CCN)ccn1. The van der Waals surface area contributed by atoms with Gasteiger partial charge in [-0.25, -0.2) is 0 Å². The lowest BCUT2D eigenvalue weighted by Gasteiger charge is -2.27. The maximum Gasteiger partial charge on any atom is 0.272 e. The lowest BCUT2D eigenvalue weighted by molar-refractivity contribution is 0.0822. The molecule has 1 heterocycles. The zero-order valence-corrected chi connectivity index (χ0v) is 11.5. The number of nitrogens with two attached hydrogens (primary N) is 1. The van der Waals surface area contributed by atoms with E-state index in [1.807, 2.05) is 6.07 Å². The van der Waals surface area contributed by atoms with Gasteiger partial charge in [0.1, 0.15) is 5.69 Å². The molecule has 0 unspecified atom stereocenters. The van der Waals surface area contributed by atoms with Gasteiger partial charge in [-0.15, -0.1) is 0 Å². The van der Waals surface area contributed by atoms with Gasteiger partial charge in [-0.2, -0.15) is 0 Å². The highest BCUT2D eigenvalue weighted by molar-refractivity contribution is 5.92. The number of hydrogen-bond acceptors (Lipinski definition) is 4. The number of anilines is 1. The summed E-state index contributed by atoms with van der Waals surface area (Å²) in [5, 5.41) is 3.36. The first-order chi connectivity index (χ1) is 8.35. The Balaban J connectivity index is 2.86. The van der Waals surface area contributed by atoms with Gasteiger partial charge in [0.25, 0.3) is 5.91 Å². The molecule has 0 radical (unpaired) electrons. The highest BCUT2D eigenvalue weighted by Gasteiger charge is 2.17. The summed E-state index contributed by atoms with van der Waals surface area (Å²) in [4.78, 5) is 17.4. The van der Waals surface area contributed by atoms with Crippen molar-refractivity contribution in [1.29, 1.82) is 0 Å². The average molecular weight is 250 g/mol. The van der Waals surface area contributed by atoms with Crippen molar-refractivity contribution in [1.82, 2.24) is 9.88 Å². The lowest BCUT2D eigenvalue weighted by atomic mass is 10.0. The van der Waals surface area contributed by atoms with E-state index in [1.54, 1.807) is 26.4 Å². The second kappa shape index (κ2) is 5.82. The van der Waals surface area contributed by atoms with Crippen molar-refractivity contribution in [2.45, 2.75) is 25.8 Å². The number of aromatic nitrogens is 1. The number of rotatable bonds is 5. The summed E-state index contributed by atoms with van der Waals surface area (Å²) < 4.78 is 0. The van der Waals surface area contributed by atoms with E-state index in [0.29, 0.717) is 12.2 Å². The van der Waals surface area contributed by atoms with Crippen LogP contribution in [0.1, 0.15) is 30.8 Å². The Morgan fingerprint density at radius 1 is 1.50 bits per heavy atom. The van der Waals surface area contributed by atoms with Crippen molar-refractivity contribution in [3.63, 3.8) is 0 Å². The topological polar surface area (TPSA) is 71.2 Å². The molecule has 5 nitrogen and oxygen atoms in total. The van der Waals surface area contributed by atoms with Crippen molar-refractivity contribution < 1.29 is 4.79 Å². The minimum atomic E-state index is -0.103. The molecule has 0 spiro atoms. The molecule has 1 aromatic heterocycles. The first-order valence-electron chi connectivity index (χ1n) is 6.02. The molecule has 0 saturated heterocycles. The van der Waals surface area contributed by atoms with E-state index in [1.165, 1.54) is 4.90 Å². The maximum absolute atomic E-state index is 11.8. The van der Waals surface area contributed by atoms with Crippen LogP contribution in [0.3, 0.4) is 0 Å². The summed E-state index contributed by atoms with van der Waals surface area (Å²) in [6.45, 7) is 4.77. The molecule has 3 N–H and O–H groups in total. The molecule has 0 bridgehead atoms. The Hall–Kier alpha value is -1.62. The molecule has 5 heteroatoms. The normalized spacial score (nSPS) is 11.2. The highest BCUT2D eigenvalue weighted by Crippen LogP contribution is 2.18. The summed E-state index contributed by atoms with van der Waals surface area (Å²) >= 11 is 0. The molecule has 0 aliphatic carbocycles. The summed E-state index contributed by atoms with van der Waals surface area (Å²) in [6.07, 6.45) is 2.49. The van der Waals surface area contributed by atoms with Crippen molar-refractivity contribution >= 4 is 11.6 Å². The minimum Gasteiger partial charge on any atom is -0.380 e. The smallest absolute Gasteiger partial charge is 0.272 e. The number of amides is 1. The summed E-state index contributed by atoms with van der Waals surface area (Å²) in [6, 6.07) is 3.62. The second-order valence-electron chi connectivity index (χ2n) is 5.18. The van der Waals surface area contributed by atoms with Gasteiger partial charge in [0.05, 0.1) is 0 Å². The molecule has 0 aliphatic heterocycles. The van der Waals surface area contributed by atoms with E-state index in [0.717, 1.165) is 12.1 Å². The van der Waals surface area contributed by atoms with Crippen LogP contribution in [0, 0.1) is 0 Å². The molecule has 0 aliphatic rings. The fourth-order valence-electron chi connectivity index (χ4n) is 1.67. The van der Waals surface area contributed by atoms with E-state index in [4.69, 9.17) is 5.73 Å². The zero-order chi connectivity index (χ0) is 13.8. The van der Waals surface area contributed by atoms with Crippen LogP contribution in [0.4, 0.5) is 5.69 Å². The third kappa shape index (κ3) is 4.00. The van der Waals surface area contributed by atoms with Gasteiger partial charge in [0.2, 0.25) is 0 Å². The molecule has 100 valence electrons. The number of nitrogens with zero attached hydrogens (tertiary/aromatic N) is 2. The number of carbonyl (C=O) groups excluding carboxylic acids is 1. The molecule has 0 atom stereocenters. The van der Waals surface area contributed by atoms with E-state index in [9.17, 15) is 4.79 Å². The summed E-state index contributed by atoms with van der Waals surface area (Å²) in [7, 11) is 3.42. The molecule has 0 aromatic carbocycles. The standard InChI is InChI=1S/C13H22N4O/c1-13(2,6-7-14)16-10-5-8-15-11(9-10)12(18)17(3)4/h5,8-9H,6-7,14H2,1-4H3,(H,15,16). The quantitative estimate of drug-likeness (QED) is 0.827. The largest absolute Gasteiger partial charge is 0.380 e. The first-order valence-corrected chi connectivity index (χ1v) is 6.02. The van der Waals surface area contributed by atoms with Gasteiger partial charge in [-0.05, 0) is 38.9 Å². The monoisotopic (exact) mass is 250 g/mol. The number of pyridine rings is 1. The third-order valence-electron chi connectivity index (χ3n) is 2.64. The Labute approximate surface area is 108 Å². The second-order valence-corrected chi connectivity index (χ2v) is 5.18. The van der Waals surface area contributed by atoms with Gasteiger partial charge in [-0.1, -0.05) is 0 Å². The van der Waals surface area contributed by atoms with Crippen molar-refractivity contribution in [2.24, 2.45) is 5.73 Å². The fraction of sp³-hybridized carbons (Fsp3) is 0.538. The number of carbonyl (C=O) groups is 1. The van der Waals surface area contributed by atoms with E-state index >= 15 is 0 Å². The Kier molecular flexibility index (Phi) is 4.67.